The van der Waals surface area contributed by atoms with E-state index < -0.39 is 35.0 Å². The van der Waals surface area contributed by atoms with Crippen LogP contribution in [0.2, 0.25) is 5.02 Å². The second-order valence-corrected chi connectivity index (χ2v) is 6.62. The van der Waals surface area contributed by atoms with Crippen LogP contribution in [0.3, 0.4) is 0 Å². The molecule has 1 fully saturated rings. The van der Waals surface area contributed by atoms with Crippen LogP contribution in [0.5, 0.6) is 0 Å². The quantitative estimate of drug-likeness (QED) is 0.816. The molecule has 3 rings (SSSR count). The van der Waals surface area contributed by atoms with E-state index in [9.17, 15) is 24.3 Å². The van der Waals surface area contributed by atoms with Crippen molar-refractivity contribution in [2.75, 3.05) is 13.1 Å². The molecule has 2 atom stereocenters. The van der Waals surface area contributed by atoms with Gasteiger partial charge in [-0.15, -0.1) is 0 Å². The Morgan fingerprint density at radius 2 is 1.85 bits per heavy atom. The van der Waals surface area contributed by atoms with E-state index in [1.807, 2.05) is 0 Å². The van der Waals surface area contributed by atoms with Gasteiger partial charge in [0.05, 0.1) is 5.92 Å². The second kappa shape index (κ2) is 6.80. The molecular weight excluding hydrogens is 362 g/mol. The van der Waals surface area contributed by atoms with Crippen LogP contribution < -0.4 is 11.2 Å². The molecule has 9 heteroatoms. The largest absolute Gasteiger partial charge is 0.481 e. The van der Waals surface area contributed by atoms with Gasteiger partial charge in [-0.1, -0.05) is 23.7 Å². The minimum absolute atomic E-state index is 0.0241. The van der Waals surface area contributed by atoms with Gasteiger partial charge in [-0.3, -0.25) is 19.0 Å². The fraction of sp³-hybridized carbons (Fsp3) is 0.294. The van der Waals surface area contributed by atoms with Crippen LogP contribution in [0.1, 0.15) is 21.8 Å². The Kier molecular flexibility index (Phi) is 4.69. The Labute approximate surface area is 152 Å². The summed E-state index contributed by atoms with van der Waals surface area (Å²) in [6, 6.07) is 6.79. The molecule has 1 aliphatic rings. The maximum atomic E-state index is 12.7. The maximum Gasteiger partial charge on any atom is 0.328 e. The molecular formula is C17H16ClN3O5. The molecule has 1 amide bonds. The van der Waals surface area contributed by atoms with Crippen LogP contribution in [0.25, 0.3) is 0 Å². The van der Waals surface area contributed by atoms with Gasteiger partial charge in [0.15, 0.2) is 0 Å². The number of amides is 1. The lowest BCUT2D eigenvalue weighted by molar-refractivity contribution is -0.141. The molecule has 8 nitrogen and oxygen atoms in total. The molecule has 1 saturated heterocycles. The van der Waals surface area contributed by atoms with E-state index in [2.05, 4.69) is 4.98 Å². The van der Waals surface area contributed by atoms with Crippen LogP contribution in [0.4, 0.5) is 0 Å². The van der Waals surface area contributed by atoms with Gasteiger partial charge in [0.2, 0.25) is 0 Å². The lowest BCUT2D eigenvalue weighted by Gasteiger charge is -2.16. The smallest absolute Gasteiger partial charge is 0.328 e. The number of nitrogens with zero attached hydrogens (tertiary/aromatic N) is 2. The van der Waals surface area contributed by atoms with E-state index in [1.54, 1.807) is 24.3 Å². The van der Waals surface area contributed by atoms with Gasteiger partial charge < -0.3 is 15.0 Å². The van der Waals surface area contributed by atoms with Crippen molar-refractivity contribution in [2.45, 2.75) is 5.92 Å². The number of carboxylic acids is 1. The zero-order chi connectivity index (χ0) is 19.0. The van der Waals surface area contributed by atoms with Crippen molar-refractivity contribution in [3.8, 4) is 0 Å². The van der Waals surface area contributed by atoms with Crippen LogP contribution in [-0.4, -0.2) is 44.5 Å². The first-order valence-electron chi connectivity index (χ1n) is 7.86. The summed E-state index contributed by atoms with van der Waals surface area (Å²) in [6.45, 7) is 0.128. The third-order valence-electron chi connectivity index (χ3n) is 4.63. The predicted molar refractivity (Wildman–Crippen MR) is 93.5 cm³/mol. The van der Waals surface area contributed by atoms with E-state index in [-0.39, 0.29) is 18.7 Å². The maximum absolute atomic E-state index is 12.7. The zero-order valence-corrected chi connectivity index (χ0v) is 14.6. The number of rotatable bonds is 3. The Hall–Kier alpha value is -2.87. The van der Waals surface area contributed by atoms with Gasteiger partial charge in [0, 0.05) is 37.3 Å². The van der Waals surface area contributed by atoms with Crippen LogP contribution in [0, 0.1) is 5.92 Å². The van der Waals surface area contributed by atoms with E-state index >= 15 is 0 Å². The molecule has 0 aliphatic carbocycles. The molecule has 0 unspecified atom stereocenters. The normalized spacial score (nSPS) is 19.5. The number of hydrogen-bond donors (Lipinski definition) is 2. The van der Waals surface area contributed by atoms with Crippen molar-refractivity contribution >= 4 is 23.5 Å². The number of aromatic amines is 1. The zero-order valence-electron chi connectivity index (χ0n) is 13.8. The number of carbonyl (C=O) groups excluding carboxylic acids is 1. The van der Waals surface area contributed by atoms with Gasteiger partial charge in [0.25, 0.3) is 11.5 Å². The number of carboxylic acid groups (broad SMARTS) is 1. The molecule has 2 heterocycles. The van der Waals surface area contributed by atoms with Crippen molar-refractivity contribution in [1.82, 2.24) is 14.5 Å². The summed E-state index contributed by atoms with van der Waals surface area (Å²) < 4.78 is 0.800. The predicted octanol–water partition coefficient (Wildman–Crippen LogP) is 0.667. The third kappa shape index (κ3) is 3.15. The molecule has 0 saturated carbocycles. The average molecular weight is 378 g/mol. The molecule has 1 aromatic carbocycles. The second-order valence-electron chi connectivity index (χ2n) is 6.18. The molecule has 1 aliphatic heterocycles. The van der Waals surface area contributed by atoms with E-state index in [0.29, 0.717) is 5.02 Å². The first-order valence-corrected chi connectivity index (χ1v) is 8.23. The molecule has 0 bridgehead atoms. The number of aliphatic carboxylic acids is 1. The first-order chi connectivity index (χ1) is 12.3. The number of benzene rings is 1. The average Bonchev–Trinajstić information content (AvgIpc) is 3.05. The van der Waals surface area contributed by atoms with Crippen molar-refractivity contribution in [3.05, 3.63) is 67.4 Å². The molecule has 136 valence electrons. The SMILES string of the molecule is Cn1c(=O)[nH]cc(C(=O)N2C[C@@H](C(=O)O)[C@H](c3ccc(Cl)cc3)C2)c1=O. The van der Waals surface area contributed by atoms with Crippen molar-refractivity contribution < 1.29 is 14.7 Å². The third-order valence-corrected chi connectivity index (χ3v) is 4.88. The van der Waals surface area contributed by atoms with Crippen LogP contribution in [-0.2, 0) is 11.8 Å². The number of hydrogen-bond acceptors (Lipinski definition) is 4. The lowest BCUT2D eigenvalue weighted by atomic mass is 9.89. The number of H-pyrrole nitrogens is 1. The standard InChI is InChI=1S/C17H16ClN3O5/c1-20-14(22)11(6-19-17(20)26)15(23)21-7-12(13(8-21)16(24)25)9-2-4-10(18)5-3-9/h2-6,12-13H,7-8H2,1H3,(H,19,26)(H,24,25)/t12-,13+/m0/s1. The molecule has 0 spiro atoms. The van der Waals surface area contributed by atoms with Crippen molar-refractivity contribution in [2.24, 2.45) is 13.0 Å². The molecule has 2 N–H and O–H groups in total. The van der Waals surface area contributed by atoms with E-state index in [1.165, 1.54) is 11.9 Å². The summed E-state index contributed by atoms with van der Waals surface area (Å²) >= 11 is 5.87. The summed E-state index contributed by atoms with van der Waals surface area (Å²) in [5, 5.41) is 10.1. The van der Waals surface area contributed by atoms with Crippen molar-refractivity contribution in [1.29, 1.82) is 0 Å². The fourth-order valence-electron chi connectivity index (χ4n) is 3.16. The minimum Gasteiger partial charge on any atom is -0.481 e. The highest BCUT2D eigenvalue weighted by atomic mass is 35.5. The monoisotopic (exact) mass is 377 g/mol. The highest BCUT2D eigenvalue weighted by molar-refractivity contribution is 6.30. The summed E-state index contributed by atoms with van der Waals surface area (Å²) in [7, 11) is 1.26. The number of likely N-dealkylation sites (tertiary alicyclic amines) is 1. The Balaban J connectivity index is 1.93. The Bertz CT molecular complexity index is 979. The number of halogens is 1. The van der Waals surface area contributed by atoms with Gasteiger partial charge in [-0.05, 0) is 17.7 Å². The van der Waals surface area contributed by atoms with E-state index in [4.69, 9.17) is 11.6 Å². The highest BCUT2D eigenvalue weighted by Crippen LogP contribution is 2.34. The summed E-state index contributed by atoms with van der Waals surface area (Å²) in [5.74, 6) is -2.84. The van der Waals surface area contributed by atoms with Crippen LogP contribution >= 0.6 is 11.6 Å². The van der Waals surface area contributed by atoms with E-state index in [0.717, 1.165) is 16.3 Å². The molecule has 0 radical (unpaired) electrons. The summed E-state index contributed by atoms with van der Waals surface area (Å²) in [4.78, 5) is 51.6. The number of carbonyl (C=O) groups is 2. The highest BCUT2D eigenvalue weighted by Gasteiger charge is 2.41. The van der Waals surface area contributed by atoms with Gasteiger partial charge in [-0.2, -0.15) is 0 Å². The molecule has 1 aromatic heterocycles. The van der Waals surface area contributed by atoms with Gasteiger partial charge in [-0.25, -0.2) is 4.79 Å². The van der Waals surface area contributed by atoms with Gasteiger partial charge in [0.1, 0.15) is 5.56 Å². The number of aromatic nitrogens is 2. The number of nitrogens with one attached hydrogen (secondary N) is 1. The lowest BCUT2D eigenvalue weighted by Crippen LogP contribution is -2.40. The molecule has 26 heavy (non-hydrogen) atoms. The van der Waals surface area contributed by atoms with Crippen LogP contribution in [0.15, 0.2) is 40.1 Å². The summed E-state index contributed by atoms with van der Waals surface area (Å²) in [6.07, 6.45) is 1.07. The van der Waals surface area contributed by atoms with Crippen molar-refractivity contribution in [3.63, 3.8) is 0 Å². The topological polar surface area (TPSA) is 112 Å². The first kappa shape index (κ1) is 17.9. The minimum atomic E-state index is -1.02. The summed E-state index contributed by atoms with van der Waals surface area (Å²) in [5.41, 5.74) is -0.796. The fourth-order valence-corrected chi connectivity index (χ4v) is 3.28. The Morgan fingerprint density at radius 3 is 2.46 bits per heavy atom. The molecule has 2 aromatic rings. The van der Waals surface area contributed by atoms with Gasteiger partial charge >= 0.3 is 11.7 Å². The Morgan fingerprint density at radius 1 is 1.19 bits per heavy atom.